The van der Waals surface area contributed by atoms with Crippen molar-refractivity contribution in [3.8, 4) is 0 Å². The summed E-state index contributed by atoms with van der Waals surface area (Å²) < 4.78 is 0. The molecule has 22 heavy (non-hydrogen) atoms. The van der Waals surface area contributed by atoms with E-state index in [1.807, 2.05) is 12.1 Å². The topological polar surface area (TPSA) is 20.3 Å². The SMILES string of the molecule is O=C1C2CCN(CC2)[C@H]1C(c1ccccc1)c1ccccc1. The molecule has 0 radical (unpaired) electrons. The molecule has 2 bridgehead atoms. The maximum absolute atomic E-state index is 12.9. The Bertz CT molecular complexity index is 604. The van der Waals surface area contributed by atoms with Gasteiger partial charge in [0.05, 0.1) is 6.04 Å². The smallest absolute Gasteiger partial charge is 0.154 e. The van der Waals surface area contributed by atoms with E-state index in [4.69, 9.17) is 0 Å². The lowest BCUT2D eigenvalue weighted by atomic mass is 9.73. The first-order valence-corrected chi connectivity index (χ1v) is 8.22. The van der Waals surface area contributed by atoms with Crippen LogP contribution < -0.4 is 0 Å². The fourth-order valence-corrected chi connectivity index (χ4v) is 4.14. The second-order valence-corrected chi connectivity index (χ2v) is 6.46. The number of hydrogen-bond donors (Lipinski definition) is 0. The van der Waals surface area contributed by atoms with E-state index in [0.29, 0.717) is 5.78 Å². The predicted molar refractivity (Wildman–Crippen MR) is 87.8 cm³/mol. The molecule has 3 saturated heterocycles. The molecule has 2 nitrogen and oxygen atoms in total. The van der Waals surface area contributed by atoms with Crippen molar-refractivity contribution < 1.29 is 4.79 Å². The minimum absolute atomic E-state index is 0.0114. The van der Waals surface area contributed by atoms with Crippen LogP contribution in [0.4, 0.5) is 0 Å². The van der Waals surface area contributed by atoms with Crippen LogP contribution in [0.15, 0.2) is 60.7 Å². The molecule has 0 saturated carbocycles. The lowest BCUT2D eigenvalue weighted by molar-refractivity contribution is -0.137. The number of hydrogen-bond acceptors (Lipinski definition) is 2. The highest BCUT2D eigenvalue weighted by atomic mass is 16.1. The standard InChI is InChI=1S/C20H21NO/c22-20-17-11-13-21(14-12-17)19(20)18(15-7-3-1-4-8-15)16-9-5-2-6-10-16/h1-10,17-19H,11-14H2/t19-/m0/s1. The maximum atomic E-state index is 12.9. The third kappa shape index (κ3) is 2.28. The summed E-state index contributed by atoms with van der Waals surface area (Å²) in [5.74, 6) is 0.887. The van der Waals surface area contributed by atoms with Crippen molar-refractivity contribution in [3.05, 3.63) is 71.8 Å². The molecule has 0 unspecified atom stereocenters. The fraction of sp³-hybridized carbons (Fsp3) is 0.350. The van der Waals surface area contributed by atoms with Crippen molar-refractivity contribution in [1.29, 1.82) is 0 Å². The van der Waals surface area contributed by atoms with E-state index >= 15 is 0 Å². The molecule has 5 rings (SSSR count). The van der Waals surface area contributed by atoms with Gasteiger partial charge in [0.15, 0.2) is 5.78 Å². The molecule has 2 aromatic carbocycles. The molecule has 0 aliphatic carbocycles. The second kappa shape index (κ2) is 5.69. The third-order valence-electron chi connectivity index (χ3n) is 5.25. The number of benzene rings is 2. The summed E-state index contributed by atoms with van der Waals surface area (Å²) in [6.45, 7) is 2.13. The van der Waals surface area contributed by atoms with Crippen molar-refractivity contribution in [2.75, 3.05) is 13.1 Å². The monoisotopic (exact) mass is 291 g/mol. The zero-order chi connectivity index (χ0) is 14.9. The summed E-state index contributed by atoms with van der Waals surface area (Å²) in [6, 6.07) is 21.0. The summed E-state index contributed by atoms with van der Waals surface area (Å²) in [7, 11) is 0. The zero-order valence-corrected chi connectivity index (χ0v) is 12.7. The van der Waals surface area contributed by atoms with Gasteiger partial charge in [0.1, 0.15) is 0 Å². The Labute approximate surface area is 131 Å². The highest BCUT2D eigenvalue weighted by molar-refractivity contribution is 5.89. The third-order valence-corrected chi connectivity index (χ3v) is 5.25. The van der Waals surface area contributed by atoms with Gasteiger partial charge in [0.25, 0.3) is 0 Å². The Morgan fingerprint density at radius 3 is 1.77 bits per heavy atom. The minimum atomic E-state index is 0.0114. The molecule has 2 aromatic rings. The van der Waals surface area contributed by atoms with E-state index in [0.717, 1.165) is 25.9 Å². The van der Waals surface area contributed by atoms with Crippen LogP contribution in [0.5, 0.6) is 0 Å². The van der Waals surface area contributed by atoms with E-state index < -0.39 is 0 Å². The Morgan fingerprint density at radius 1 is 0.818 bits per heavy atom. The molecular formula is C20H21NO. The molecule has 0 amide bonds. The average Bonchev–Trinajstić information content (AvgIpc) is 2.60. The summed E-state index contributed by atoms with van der Waals surface area (Å²) in [5, 5.41) is 0. The van der Waals surface area contributed by atoms with E-state index in [-0.39, 0.29) is 17.9 Å². The van der Waals surface area contributed by atoms with Gasteiger partial charge >= 0.3 is 0 Å². The summed E-state index contributed by atoms with van der Waals surface area (Å²) in [5.41, 5.74) is 2.50. The molecule has 1 atom stereocenters. The van der Waals surface area contributed by atoms with Gasteiger partial charge in [-0.15, -0.1) is 0 Å². The van der Waals surface area contributed by atoms with Crippen LogP contribution in [0.25, 0.3) is 0 Å². The van der Waals surface area contributed by atoms with E-state index in [9.17, 15) is 4.79 Å². The van der Waals surface area contributed by atoms with Crippen LogP contribution in [0.3, 0.4) is 0 Å². The van der Waals surface area contributed by atoms with Crippen molar-refractivity contribution in [2.45, 2.75) is 24.8 Å². The van der Waals surface area contributed by atoms with Crippen LogP contribution in [0.2, 0.25) is 0 Å². The Morgan fingerprint density at radius 2 is 1.32 bits per heavy atom. The molecule has 2 heteroatoms. The van der Waals surface area contributed by atoms with Crippen molar-refractivity contribution in [3.63, 3.8) is 0 Å². The Kier molecular flexibility index (Phi) is 3.55. The molecule has 0 N–H and O–H groups in total. The molecule has 3 aliphatic heterocycles. The van der Waals surface area contributed by atoms with Gasteiger partial charge in [-0.3, -0.25) is 9.69 Å². The zero-order valence-electron chi connectivity index (χ0n) is 12.7. The highest BCUT2D eigenvalue weighted by Crippen LogP contribution is 2.39. The van der Waals surface area contributed by atoms with Crippen LogP contribution in [-0.2, 0) is 4.79 Å². The predicted octanol–water partition coefficient (Wildman–Crippen LogP) is 3.48. The summed E-state index contributed by atoms with van der Waals surface area (Å²) in [6.07, 6.45) is 2.09. The van der Waals surface area contributed by atoms with Crippen molar-refractivity contribution in [2.24, 2.45) is 5.92 Å². The number of fused-ring (bicyclic) bond motifs is 3. The van der Waals surface area contributed by atoms with Gasteiger partial charge in [0, 0.05) is 11.8 Å². The van der Waals surface area contributed by atoms with Gasteiger partial charge in [-0.1, -0.05) is 60.7 Å². The first-order valence-electron chi connectivity index (χ1n) is 8.22. The Balaban J connectivity index is 1.79. The lowest BCUT2D eigenvalue weighted by Crippen LogP contribution is -2.57. The molecule has 3 fully saturated rings. The summed E-state index contributed by atoms with van der Waals surface area (Å²) in [4.78, 5) is 15.3. The van der Waals surface area contributed by atoms with Gasteiger partial charge in [-0.2, -0.15) is 0 Å². The second-order valence-electron chi connectivity index (χ2n) is 6.46. The molecule has 3 aliphatic rings. The van der Waals surface area contributed by atoms with E-state index in [2.05, 4.69) is 53.4 Å². The average molecular weight is 291 g/mol. The highest BCUT2D eigenvalue weighted by Gasteiger charge is 2.45. The number of rotatable bonds is 3. The van der Waals surface area contributed by atoms with Gasteiger partial charge < -0.3 is 0 Å². The lowest BCUT2D eigenvalue weighted by Gasteiger charge is -2.47. The maximum Gasteiger partial charge on any atom is 0.154 e. The number of Topliss-reactive ketones (excluding diaryl/α,β-unsaturated/α-hetero) is 1. The largest absolute Gasteiger partial charge is 0.298 e. The molecular weight excluding hydrogens is 270 g/mol. The van der Waals surface area contributed by atoms with Crippen LogP contribution in [0.1, 0.15) is 29.9 Å². The molecule has 112 valence electrons. The fourth-order valence-electron chi connectivity index (χ4n) is 4.14. The Hall–Kier alpha value is -1.93. The van der Waals surface area contributed by atoms with Gasteiger partial charge in [-0.05, 0) is 37.1 Å². The number of ketones is 1. The number of piperidine rings is 3. The van der Waals surface area contributed by atoms with Gasteiger partial charge in [0.2, 0.25) is 0 Å². The first kappa shape index (κ1) is 13.7. The minimum Gasteiger partial charge on any atom is -0.298 e. The number of carbonyl (C=O) groups is 1. The normalized spacial score (nSPS) is 27.3. The van der Waals surface area contributed by atoms with Gasteiger partial charge in [-0.25, -0.2) is 0 Å². The van der Waals surface area contributed by atoms with Crippen LogP contribution in [0, 0.1) is 5.92 Å². The van der Waals surface area contributed by atoms with Crippen LogP contribution in [-0.4, -0.2) is 29.8 Å². The number of nitrogens with zero attached hydrogens (tertiary/aromatic N) is 1. The molecule has 3 heterocycles. The van der Waals surface area contributed by atoms with Crippen molar-refractivity contribution in [1.82, 2.24) is 4.90 Å². The number of carbonyl (C=O) groups excluding carboxylic acids is 1. The van der Waals surface area contributed by atoms with Crippen LogP contribution >= 0.6 is 0 Å². The van der Waals surface area contributed by atoms with Crippen molar-refractivity contribution >= 4 is 5.78 Å². The first-order chi connectivity index (χ1) is 10.8. The molecule has 0 spiro atoms. The molecule has 0 aromatic heterocycles. The quantitative estimate of drug-likeness (QED) is 0.863. The van der Waals surface area contributed by atoms with E-state index in [1.54, 1.807) is 0 Å². The summed E-state index contributed by atoms with van der Waals surface area (Å²) >= 11 is 0. The van der Waals surface area contributed by atoms with E-state index in [1.165, 1.54) is 11.1 Å².